The molecular formula is C19H18FNO2. The topological polar surface area (TPSA) is 38.3 Å². The Bertz CT molecular complexity index is 809. The van der Waals surface area contributed by atoms with Gasteiger partial charge in [-0.05, 0) is 62.7 Å². The van der Waals surface area contributed by atoms with Crippen molar-refractivity contribution in [3.8, 4) is 5.75 Å². The molecule has 3 nitrogen and oxygen atoms in total. The van der Waals surface area contributed by atoms with Crippen LogP contribution < -0.4 is 10.1 Å². The number of rotatable bonds is 2. The van der Waals surface area contributed by atoms with Gasteiger partial charge in [-0.1, -0.05) is 12.1 Å². The minimum absolute atomic E-state index is 0.114. The molecule has 0 amide bonds. The number of ether oxygens (including phenoxy) is 1. The maximum absolute atomic E-state index is 13.2. The smallest absolute Gasteiger partial charge is 0.343 e. The molecule has 1 heterocycles. The molecule has 3 rings (SSSR count). The summed E-state index contributed by atoms with van der Waals surface area (Å²) in [5.41, 5.74) is 3.19. The Kier molecular flexibility index (Phi) is 3.68. The van der Waals surface area contributed by atoms with Crippen LogP contribution in [0.4, 0.5) is 10.1 Å². The Morgan fingerprint density at radius 1 is 1.17 bits per heavy atom. The highest BCUT2D eigenvalue weighted by Gasteiger charge is 2.23. The molecule has 0 fully saturated rings. The molecule has 4 heteroatoms. The van der Waals surface area contributed by atoms with Gasteiger partial charge in [0, 0.05) is 11.3 Å². The van der Waals surface area contributed by atoms with Gasteiger partial charge in [0.05, 0.1) is 11.1 Å². The molecule has 2 aromatic rings. The first-order chi connectivity index (χ1) is 10.8. The number of nitrogens with one attached hydrogen (secondary N) is 1. The Hall–Kier alpha value is -2.62. The number of benzene rings is 2. The summed E-state index contributed by atoms with van der Waals surface area (Å²) in [5.74, 6) is -0.599. The number of esters is 1. The quantitative estimate of drug-likeness (QED) is 0.648. The van der Waals surface area contributed by atoms with E-state index >= 15 is 0 Å². The van der Waals surface area contributed by atoms with Crippen LogP contribution in [0.15, 0.2) is 48.5 Å². The van der Waals surface area contributed by atoms with E-state index in [0.29, 0.717) is 5.75 Å². The third-order valence-electron chi connectivity index (χ3n) is 3.72. The van der Waals surface area contributed by atoms with Crippen LogP contribution in [0.1, 0.15) is 36.7 Å². The van der Waals surface area contributed by atoms with Gasteiger partial charge >= 0.3 is 5.97 Å². The third-order valence-corrected chi connectivity index (χ3v) is 3.72. The molecule has 118 valence electrons. The number of anilines is 1. The zero-order valence-corrected chi connectivity index (χ0v) is 13.3. The van der Waals surface area contributed by atoms with E-state index in [1.54, 1.807) is 6.07 Å². The fourth-order valence-electron chi connectivity index (χ4n) is 2.81. The summed E-state index contributed by atoms with van der Waals surface area (Å²) in [4.78, 5) is 12.1. The van der Waals surface area contributed by atoms with Gasteiger partial charge < -0.3 is 10.1 Å². The minimum atomic E-state index is -0.574. The van der Waals surface area contributed by atoms with Gasteiger partial charge in [0.15, 0.2) is 0 Å². The molecule has 0 aromatic heterocycles. The van der Waals surface area contributed by atoms with Gasteiger partial charge in [-0.3, -0.25) is 0 Å². The molecule has 23 heavy (non-hydrogen) atoms. The van der Waals surface area contributed by atoms with Gasteiger partial charge in [0.1, 0.15) is 11.6 Å². The molecule has 0 unspecified atom stereocenters. The lowest BCUT2D eigenvalue weighted by Gasteiger charge is -2.31. The van der Waals surface area contributed by atoms with Crippen molar-refractivity contribution in [2.75, 3.05) is 5.32 Å². The van der Waals surface area contributed by atoms with Crippen molar-refractivity contribution in [3.05, 3.63) is 65.5 Å². The average Bonchev–Trinajstić information content (AvgIpc) is 2.47. The van der Waals surface area contributed by atoms with Crippen LogP contribution in [0.25, 0.3) is 5.57 Å². The van der Waals surface area contributed by atoms with Crippen LogP contribution in [0, 0.1) is 5.82 Å². The molecular weight excluding hydrogens is 293 g/mol. The molecule has 0 radical (unpaired) electrons. The van der Waals surface area contributed by atoms with Crippen molar-refractivity contribution in [3.63, 3.8) is 0 Å². The van der Waals surface area contributed by atoms with E-state index in [1.165, 1.54) is 18.2 Å². The Balaban J connectivity index is 1.86. The van der Waals surface area contributed by atoms with E-state index in [1.807, 2.05) is 19.1 Å². The lowest BCUT2D eigenvalue weighted by atomic mass is 9.91. The summed E-state index contributed by atoms with van der Waals surface area (Å²) >= 11 is 0. The first kappa shape index (κ1) is 15.3. The van der Waals surface area contributed by atoms with Crippen molar-refractivity contribution < 1.29 is 13.9 Å². The first-order valence-electron chi connectivity index (χ1n) is 7.44. The normalized spacial score (nSPS) is 15.2. The minimum Gasteiger partial charge on any atom is -0.423 e. The maximum atomic E-state index is 13.2. The number of hydrogen-bond donors (Lipinski definition) is 1. The predicted molar refractivity (Wildman–Crippen MR) is 89.2 cm³/mol. The number of carbonyl (C=O) groups excluding carboxylic acids is 1. The zero-order chi connectivity index (χ0) is 16.6. The number of halogens is 1. The highest BCUT2D eigenvalue weighted by atomic mass is 19.1. The second-order valence-electron chi connectivity index (χ2n) is 6.28. The summed E-state index contributed by atoms with van der Waals surface area (Å²) in [6, 6.07) is 10.9. The van der Waals surface area contributed by atoms with Gasteiger partial charge in [-0.2, -0.15) is 0 Å². The van der Waals surface area contributed by atoms with E-state index in [2.05, 4.69) is 25.2 Å². The Morgan fingerprint density at radius 3 is 2.70 bits per heavy atom. The van der Waals surface area contributed by atoms with Gasteiger partial charge in [0.25, 0.3) is 0 Å². The predicted octanol–water partition coefficient (Wildman–Crippen LogP) is 4.65. The van der Waals surface area contributed by atoms with E-state index in [9.17, 15) is 9.18 Å². The first-order valence-corrected chi connectivity index (χ1v) is 7.44. The monoisotopic (exact) mass is 311 g/mol. The third kappa shape index (κ3) is 3.26. The molecule has 1 aliphatic heterocycles. The summed E-state index contributed by atoms with van der Waals surface area (Å²) < 4.78 is 18.6. The number of fused-ring (bicyclic) bond motifs is 1. The van der Waals surface area contributed by atoms with Crippen molar-refractivity contribution in [1.29, 1.82) is 0 Å². The highest BCUT2D eigenvalue weighted by molar-refractivity contribution is 5.91. The highest BCUT2D eigenvalue weighted by Crippen LogP contribution is 2.35. The number of carbonyl (C=O) groups is 1. The van der Waals surface area contributed by atoms with Crippen LogP contribution in [0.5, 0.6) is 5.75 Å². The van der Waals surface area contributed by atoms with E-state index < -0.39 is 11.8 Å². The zero-order valence-electron chi connectivity index (χ0n) is 13.3. The van der Waals surface area contributed by atoms with Crippen molar-refractivity contribution in [2.45, 2.75) is 26.3 Å². The average molecular weight is 311 g/mol. The molecule has 0 bridgehead atoms. The fraction of sp³-hybridized carbons (Fsp3) is 0.211. The SMILES string of the molecule is CC1=CC(C)(C)Nc2ccc(OC(=O)c3cccc(F)c3)cc21. The second-order valence-corrected chi connectivity index (χ2v) is 6.28. The summed E-state index contributed by atoms with van der Waals surface area (Å²) in [6.07, 6.45) is 2.13. The maximum Gasteiger partial charge on any atom is 0.343 e. The van der Waals surface area contributed by atoms with Gasteiger partial charge in [0.2, 0.25) is 0 Å². The molecule has 2 aromatic carbocycles. The van der Waals surface area contributed by atoms with Crippen LogP contribution in [0.3, 0.4) is 0 Å². The standard InChI is InChI=1S/C19H18FNO2/c1-12-11-19(2,3)21-17-8-7-15(10-16(12)17)23-18(22)13-5-4-6-14(20)9-13/h4-11,21H,1-3H3. The van der Waals surface area contributed by atoms with Crippen molar-refractivity contribution in [1.82, 2.24) is 0 Å². The molecule has 0 aliphatic carbocycles. The molecule has 0 saturated carbocycles. The Morgan fingerprint density at radius 2 is 1.96 bits per heavy atom. The van der Waals surface area contributed by atoms with Crippen molar-refractivity contribution >= 4 is 17.2 Å². The van der Waals surface area contributed by atoms with E-state index in [-0.39, 0.29) is 11.1 Å². The molecule has 0 spiro atoms. The molecule has 1 aliphatic rings. The summed E-state index contributed by atoms with van der Waals surface area (Å²) in [5, 5.41) is 3.42. The largest absolute Gasteiger partial charge is 0.423 e. The van der Waals surface area contributed by atoms with Crippen LogP contribution in [-0.2, 0) is 0 Å². The van der Waals surface area contributed by atoms with Crippen LogP contribution in [-0.4, -0.2) is 11.5 Å². The van der Waals surface area contributed by atoms with Crippen molar-refractivity contribution in [2.24, 2.45) is 0 Å². The lowest BCUT2D eigenvalue weighted by molar-refractivity contribution is 0.0734. The summed E-state index contributed by atoms with van der Waals surface area (Å²) in [6.45, 7) is 6.22. The molecule has 1 N–H and O–H groups in total. The summed E-state index contributed by atoms with van der Waals surface area (Å²) in [7, 11) is 0. The second kappa shape index (κ2) is 5.54. The van der Waals surface area contributed by atoms with Gasteiger partial charge in [-0.15, -0.1) is 0 Å². The van der Waals surface area contributed by atoms with Crippen LogP contribution >= 0.6 is 0 Å². The van der Waals surface area contributed by atoms with Gasteiger partial charge in [-0.25, -0.2) is 9.18 Å². The van der Waals surface area contributed by atoms with E-state index in [0.717, 1.165) is 22.9 Å². The van der Waals surface area contributed by atoms with Crippen LogP contribution in [0.2, 0.25) is 0 Å². The number of hydrogen-bond acceptors (Lipinski definition) is 3. The fourth-order valence-corrected chi connectivity index (χ4v) is 2.81. The Labute approximate surface area is 134 Å². The lowest BCUT2D eigenvalue weighted by Crippen LogP contribution is -2.31. The molecule has 0 saturated heterocycles. The molecule has 0 atom stereocenters. The number of allylic oxidation sites excluding steroid dienone is 1. The van der Waals surface area contributed by atoms with E-state index in [4.69, 9.17) is 4.74 Å².